The summed E-state index contributed by atoms with van der Waals surface area (Å²) in [6.45, 7) is 13.6. The fourth-order valence-electron chi connectivity index (χ4n) is 3.11. The van der Waals surface area contributed by atoms with Crippen molar-refractivity contribution in [2.24, 2.45) is 15.9 Å². The van der Waals surface area contributed by atoms with Crippen LogP contribution in [0.1, 0.15) is 119 Å². The van der Waals surface area contributed by atoms with Crippen LogP contribution in [-0.4, -0.2) is 36.8 Å². The van der Waals surface area contributed by atoms with Gasteiger partial charge in [-0.1, -0.05) is 73.1 Å². The summed E-state index contributed by atoms with van der Waals surface area (Å²) in [5, 5.41) is 2.55. The molecule has 0 aromatic carbocycles. The van der Waals surface area contributed by atoms with Gasteiger partial charge in [0.15, 0.2) is 5.84 Å². The fourth-order valence-corrected chi connectivity index (χ4v) is 3.11. The van der Waals surface area contributed by atoms with Gasteiger partial charge in [0.25, 0.3) is 0 Å². The molecular weight excluding hydrogens is 473 g/mol. The zero-order valence-corrected chi connectivity index (χ0v) is 24.2. The van der Waals surface area contributed by atoms with Crippen LogP contribution >= 0.6 is 0 Å². The summed E-state index contributed by atoms with van der Waals surface area (Å²) in [4.78, 5) is 33.3. The highest BCUT2D eigenvalue weighted by Crippen LogP contribution is 2.13. The second-order valence-electron chi connectivity index (χ2n) is 9.55. The van der Waals surface area contributed by atoms with Gasteiger partial charge >= 0.3 is 12.1 Å². The van der Waals surface area contributed by atoms with Crippen LogP contribution in [0.4, 0.5) is 9.18 Å². The molecule has 1 N–H and O–H groups in total. The lowest BCUT2D eigenvalue weighted by atomic mass is 10.1. The predicted octanol–water partition coefficient (Wildman–Crippen LogP) is 8.21. The Bertz CT molecular complexity index is 786. The molecule has 0 saturated carbocycles. The van der Waals surface area contributed by atoms with Gasteiger partial charge in [-0.25, -0.2) is 9.79 Å². The zero-order valence-electron chi connectivity index (χ0n) is 24.2. The molecule has 2 unspecified atom stereocenters. The van der Waals surface area contributed by atoms with Crippen LogP contribution in [0.15, 0.2) is 33.3 Å². The first-order chi connectivity index (χ1) is 17.7. The molecule has 0 rings (SSSR count). The van der Waals surface area contributed by atoms with Gasteiger partial charge in [-0.2, -0.15) is 4.39 Å². The lowest BCUT2D eigenvalue weighted by molar-refractivity contribution is -0.146. The molecule has 0 aromatic rings. The molecule has 0 aromatic heterocycles. The minimum Gasteiger partial charge on any atom is -0.462 e. The average molecular weight is 524 g/mol. The Morgan fingerprint density at radius 3 is 2.24 bits per heavy atom. The van der Waals surface area contributed by atoms with Crippen molar-refractivity contribution in [2.75, 3.05) is 6.61 Å². The summed E-state index contributed by atoms with van der Waals surface area (Å²) >= 11 is 0. The zero-order chi connectivity index (χ0) is 28.1. The van der Waals surface area contributed by atoms with Crippen molar-refractivity contribution in [1.82, 2.24) is 5.32 Å². The summed E-state index contributed by atoms with van der Waals surface area (Å²) in [6.07, 6.45) is 11.2. The molecule has 1 amide bonds. The lowest BCUT2D eigenvalue weighted by Gasteiger charge is -2.18. The number of carbonyl (C=O) groups excluding carboxylic acids is 2. The Morgan fingerprint density at radius 1 is 0.973 bits per heavy atom. The molecule has 0 aliphatic heterocycles. The third-order valence-corrected chi connectivity index (χ3v) is 5.73. The van der Waals surface area contributed by atoms with E-state index in [0.717, 1.165) is 37.7 Å². The number of nitrogens with zero attached hydrogens (tertiary/aromatic N) is 2. The van der Waals surface area contributed by atoms with Crippen LogP contribution in [0.25, 0.3) is 0 Å². The maximum atomic E-state index is 14.5. The Morgan fingerprint density at radius 2 is 1.65 bits per heavy atom. The largest absolute Gasteiger partial charge is 0.462 e. The Hall–Kier alpha value is -2.51. The SMILES string of the molecule is CCC/C=C(\F)N=C(NC(=O)OC(CC)COC(=O)CCCCCCCC)C(N=CC(C)CC)=C(C)C. The van der Waals surface area contributed by atoms with Crippen molar-refractivity contribution in [3.63, 3.8) is 0 Å². The van der Waals surface area contributed by atoms with E-state index in [4.69, 9.17) is 9.47 Å². The first kappa shape index (κ1) is 34.5. The van der Waals surface area contributed by atoms with Gasteiger partial charge in [-0.05, 0) is 57.1 Å². The number of amides is 1. The van der Waals surface area contributed by atoms with Crippen molar-refractivity contribution >= 4 is 24.1 Å². The number of hydrogen-bond acceptors (Lipinski definition) is 6. The highest BCUT2D eigenvalue weighted by Gasteiger charge is 2.19. The Balaban J connectivity index is 5.23. The minimum absolute atomic E-state index is 0.0238. The van der Waals surface area contributed by atoms with Gasteiger partial charge in [-0.3, -0.25) is 15.1 Å². The number of amidine groups is 1. The quantitative estimate of drug-likeness (QED) is 0.0644. The molecule has 212 valence electrons. The molecule has 0 radical (unpaired) electrons. The van der Waals surface area contributed by atoms with Crippen molar-refractivity contribution in [1.29, 1.82) is 0 Å². The van der Waals surface area contributed by atoms with Crippen molar-refractivity contribution in [3.05, 3.63) is 23.3 Å². The third kappa shape index (κ3) is 17.6. The standard InChI is InChI=1S/C29H50FN3O4/c1-8-12-14-15-16-17-19-26(34)36-21-24(11-4)37-29(35)33-28(32-25(30)18-13-9-2)27(22(5)6)31-20-23(7)10-3/h18,20,23-24H,8-17,19,21H2,1-7H3,(H,32,33,35)/b25-18+,31-20?. The first-order valence-electron chi connectivity index (χ1n) is 14.0. The number of nitrogens with one attached hydrogen (secondary N) is 1. The molecule has 0 saturated heterocycles. The molecule has 0 spiro atoms. The smallest absolute Gasteiger partial charge is 0.413 e. The van der Waals surface area contributed by atoms with Crippen LogP contribution in [0.5, 0.6) is 0 Å². The van der Waals surface area contributed by atoms with E-state index in [1.165, 1.54) is 25.3 Å². The fraction of sp³-hybridized carbons (Fsp3) is 0.724. The maximum Gasteiger partial charge on any atom is 0.413 e. The van der Waals surface area contributed by atoms with Gasteiger partial charge in [0.2, 0.25) is 5.95 Å². The molecule has 37 heavy (non-hydrogen) atoms. The number of halogens is 1. The summed E-state index contributed by atoms with van der Waals surface area (Å²) in [6, 6.07) is 0. The third-order valence-electron chi connectivity index (χ3n) is 5.73. The number of allylic oxidation sites excluding steroid dienone is 2. The number of esters is 1. The lowest BCUT2D eigenvalue weighted by Crippen LogP contribution is -2.36. The van der Waals surface area contributed by atoms with E-state index >= 15 is 0 Å². The predicted molar refractivity (Wildman–Crippen MR) is 151 cm³/mol. The molecule has 0 heterocycles. The second kappa shape index (κ2) is 21.6. The number of carbonyl (C=O) groups is 2. The maximum absolute atomic E-state index is 14.5. The molecule has 0 aliphatic rings. The van der Waals surface area contributed by atoms with E-state index in [1.807, 2.05) is 41.5 Å². The first-order valence-corrected chi connectivity index (χ1v) is 14.0. The van der Waals surface area contributed by atoms with Crippen molar-refractivity contribution in [3.8, 4) is 0 Å². The number of alkyl carbamates (subject to hydrolysis) is 1. The van der Waals surface area contributed by atoms with Crippen molar-refractivity contribution in [2.45, 2.75) is 125 Å². The van der Waals surface area contributed by atoms with Crippen LogP contribution < -0.4 is 5.32 Å². The van der Waals surface area contributed by atoms with Gasteiger partial charge in [0, 0.05) is 12.6 Å². The molecule has 0 aliphatic carbocycles. The van der Waals surface area contributed by atoms with E-state index < -0.39 is 18.1 Å². The molecule has 0 bridgehead atoms. The minimum atomic E-state index is -0.807. The average Bonchev–Trinajstić information content (AvgIpc) is 2.86. The van der Waals surface area contributed by atoms with E-state index in [9.17, 15) is 14.0 Å². The second-order valence-corrected chi connectivity index (χ2v) is 9.55. The number of hydrogen-bond donors (Lipinski definition) is 1. The van der Waals surface area contributed by atoms with Gasteiger partial charge in [-0.15, -0.1) is 0 Å². The van der Waals surface area contributed by atoms with E-state index in [-0.39, 0.29) is 24.3 Å². The number of rotatable bonds is 18. The molecule has 7 nitrogen and oxygen atoms in total. The molecular formula is C29H50FN3O4. The summed E-state index contributed by atoms with van der Waals surface area (Å²) in [5.74, 6) is -0.817. The Kier molecular flexibility index (Phi) is 20.1. The number of aliphatic imine (C=N–C) groups is 2. The normalized spacial score (nSPS) is 13.8. The topological polar surface area (TPSA) is 89.4 Å². The summed E-state index contributed by atoms with van der Waals surface area (Å²) in [7, 11) is 0. The van der Waals surface area contributed by atoms with Crippen LogP contribution in [0, 0.1) is 5.92 Å². The van der Waals surface area contributed by atoms with Crippen LogP contribution in [0.2, 0.25) is 0 Å². The van der Waals surface area contributed by atoms with Crippen LogP contribution in [0.3, 0.4) is 0 Å². The van der Waals surface area contributed by atoms with Crippen LogP contribution in [-0.2, 0) is 14.3 Å². The number of unbranched alkanes of at least 4 members (excludes halogenated alkanes) is 6. The highest BCUT2D eigenvalue weighted by molar-refractivity contribution is 6.07. The Labute approximate surface area is 224 Å². The van der Waals surface area contributed by atoms with Gasteiger partial charge in [0.05, 0.1) is 0 Å². The molecule has 2 atom stereocenters. The van der Waals surface area contributed by atoms with E-state index in [2.05, 4.69) is 22.2 Å². The van der Waals surface area contributed by atoms with E-state index in [1.54, 1.807) is 6.21 Å². The van der Waals surface area contributed by atoms with E-state index in [0.29, 0.717) is 25.0 Å². The summed E-state index contributed by atoms with van der Waals surface area (Å²) in [5.41, 5.74) is 1.13. The summed E-state index contributed by atoms with van der Waals surface area (Å²) < 4.78 is 25.2. The van der Waals surface area contributed by atoms with Gasteiger partial charge in [0.1, 0.15) is 18.4 Å². The highest BCUT2D eigenvalue weighted by atomic mass is 19.1. The molecule has 8 heteroatoms. The van der Waals surface area contributed by atoms with Crippen molar-refractivity contribution < 1.29 is 23.5 Å². The molecule has 0 fully saturated rings. The number of ether oxygens (including phenoxy) is 2. The van der Waals surface area contributed by atoms with Gasteiger partial charge < -0.3 is 9.47 Å². The monoisotopic (exact) mass is 523 g/mol.